The summed E-state index contributed by atoms with van der Waals surface area (Å²) in [4.78, 5) is 11.9. The molecular formula is C15H18N6S. The largest absolute Gasteiger partial charge is 0.329 e. The molecule has 0 aliphatic heterocycles. The van der Waals surface area contributed by atoms with Crippen molar-refractivity contribution in [2.45, 2.75) is 31.7 Å². The molecule has 1 aliphatic carbocycles. The van der Waals surface area contributed by atoms with Crippen LogP contribution in [0.25, 0.3) is 21.6 Å². The topological polar surface area (TPSA) is 107 Å². The number of hydrogen-bond acceptors (Lipinski definition) is 6. The van der Waals surface area contributed by atoms with E-state index >= 15 is 0 Å². The smallest absolute Gasteiger partial charge is 0.164 e. The molecule has 0 aromatic carbocycles. The molecule has 0 bridgehead atoms. The summed E-state index contributed by atoms with van der Waals surface area (Å²) >= 11 is 1.78. The van der Waals surface area contributed by atoms with E-state index in [1.54, 1.807) is 23.7 Å². The van der Waals surface area contributed by atoms with Gasteiger partial charge in [-0.3, -0.25) is 5.10 Å². The van der Waals surface area contributed by atoms with Crippen LogP contribution in [-0.2, 0) is 12.8 Å². The van der Waals surface area contributed by atoms with Crippen LogP contribution in [0.1, 0.15) is 35.0 Å². The van der Waals surface area contributed by atoms with E-state index in [0.29, 0.717) is 12.4 Å². The highest BCUT2D eigenvalue weighted by Gasteiger charge is 2.23. The van der Waals surface area contributed by atoms with E-state index in [1.165, 1.54) is 23.3 Å². The van der Waals surface area contributed by atoms with Gasteiger partial charge in [0.05, 0.1) is 23.5 Å². The van der Waals surface area contributed by atoms with Crippen molar-refractivity contribution in [1.29, 1.82) is 0 Å². The lowest BCUT2D eigenvalue weighted by atomic mass is 9.95. The van der Waals surface area contributed by atoms with E-state index in [1.807, 2.05) is 0 Å². The van der Waals surface area contributed by atoms with Crippen LogP contribution in [0, 0.1) is 0 Å². The third-order valence-corrected chi connectivity index (χ3v) is 5.39. The second-order valence-corrected chi connectivity index (χ2v) is 6.74. The molecule has 0 fully saturated rings. The molecule has 6 nitrogen and oxygen atoms in total. The molecule has 0 radical (unpaired) electrons. The molecule has 4 rings (SSSR count). The number of nitrogens with two attached hydrogens (primary N) is 2. The molecule has 3 aromatic heterocycles. The van der Waals surface area contributed by atoms with E-state index in [-0.39, 0.29) is 6.04 Å². The van der Waals surface area contributed by atoms with Gasteiger partial charge in [0, 0.05) is 23.0 Å². The van der Waals surface area contributed by atoms with Gasteiger partial charge in [0.25, 0.3) is 0 Å². The van der Waals surface area contributed by atoms with E-state index in [0.717, 1.165) is 34.3 Å². The molecule has 114 valence electrons. The Morgan fingerprint density at radius 2 is 2.14 bits per heavy atom. The molecule has 22 heavy (non-hydrogen) atoms. The molecule has 3 aromatic rings. The van der Waals surface area contributed by atoms with Crippen molar-refractivity contribution in [3.63, 3.8) is 0 Å². The van der Waals surface area contributed by atoms with Gasteiger partial charge in [0.2, 0.25) is 0 Å². The third-order valence-electron chi connectivity index (χ3n) is 4.20. The van der Waals surface area contributed by atoms with Crippen molar-refractivity contribution in [3.05, 3.63) is 28.5 Å². The number of aromatic nitrogens is 4. The first-order valence-corrected chi connectivity index (χ1v) is 8.36. The van der Waals surface area contributed by atoms with Crippen LogP contribution in [0.5, 0.6) is 0 Å². The zero-order valence-corrected chi connectivity index (χ0v) is 13.0. The standard InChI is InChI=1S/C15H18N6S/c16-5-10(17)13-12-9-3-1-2-4-11(9)22-15(12)21-14(20-13)8-6-18-19-7-8/h6-7,10H,1-5,16-17H2,(H,18,19). The minimum atomic E-state index is -0.267. The fourth-order valence-electron chi connectivity index (χ4n) is 3.07. The lowest BCUT2D eigenvalue weighted by Crippen LogP contribution is -2.22. The molecule has 1 aliphatic rings. The summed E-state index contributed by atoms with van der Waals surface area (Å²) in [7, 11) is 0. The maximum Gasteiger partial charge on any atom is 0.164 e. The number of hydrogen-bond donors (Lipinski definition) is 3. The lowest BCUT2D eigenvalue weighted by molar-refractivity contribution is 0.693. The molecule has 3 heterocycles. The van der Waals surface area contributed by atoms with Gasteiger partial charge in [-0.1, -0.05) is 0 Å². The van der Waals surface area contributed by atoms with Crippen LogP contribution >= 0.6 is 11.3 Å². The van der Waals surface area contributed by atoms with E-state index in [2.05, 4.69) is 10.2 Å². The quantitative estimate of drug-likeness (QED) is 0.684. The monoisotopic (exact) mass is 314 g/mol. The minimum absolute atomic E-state index is 0.267. The molecule has 0 saturated heterocycles. The average molecular weight is 314 g/mol. The molecule has 1 unspecified atom stereocenters. The summed E-state index contributed by atoms with van der Waals surface area (Å²) in [5.74, 6) is 0.666. The third kappa shape index (κ3) is 2.13. The number of rotatable bonds is 3. The summed E-state index contributed by atoms with van der Waals surface area (Å²) in [6.07, 6.45) is 8.22. The van der Waals surface area contributed by atoms with Crippen LogP contribution in [-0.4, -0.2) is 26.7 Å². The highest BCUT2D eigenvalue weighted by atomic mass is 32.1. The second kappa shape index (κ2) is 5.42. The number of fused-ring (bicyclic) bond motifs is 3. The normalized spacial score (nSPS) is 15.9. The molecule has 0 amide bonds. The number of nitrogens with one attached hydrogen (secondary N) is 1. The summed E-state index contributed by atoms with van der Waals surface area (Å²) in [5, 5.41) is 7.93. The first-order chi connectivity index (χ1) is 10.8. The van der Waals surface area contributed by atoms with Gasteiger partial charge in [0.1, 0.15) is 4.83 Å². The first kappa shape index (κ1) is 13.8. The van der Waals surface area contributed by atoms with Gasteiger partial charge < -0.3 is 11.5 Å². The Hall–Kier alpha value is -1.83. The highest BCUT2D eigenvalue weighted by Crippen LogP contribution is 2.38. The van der Waals surface area contributed by atoms with Crippen LogP contribution < -0.4 is 11.5 Å². The van der Waals surface area contributed by atoms with Gasteiger partial charge in [-0.15, -0.1) is 11.3 Å². The van der Waals surface area contributed by atoms with Crippen LogP contribution in [0.3, 0.4) is 0 Å². The van der Waals surface area contributed by atoms with Crippen molar-refractivity contribution in [2.24, 2.45) is 11.5 Å². The minimum Gasteiger partial charge on any atom is -0.329 e. The van der Waals surface area contributed by atoms with Crippen molar-refractivity contribution >= 4 is 21.6 Å². The van der Waals surface area contributed by atoms with E-state index < -0.39 is 0 Å². The van der Waals surface area contributed by atoms with Crippen molar-refractivity contribution < 1.29 is 0 Å². The Morgan fingerprint density at radius 3 is 2.91 bits per heavy atom. The average Bonchev–Trinajstić information content (AvgIpc) is 3.20. The number of thiophene rings is 1. The lowest BCUT2D eigenvalue weighted by Gasteiger charge is -2.15. The fourth-order valence-corrected chi connectivity index (χ4v) is 4.34. The van der Waals surface area contributed by atoms with Gasteiger partial charge in [-0.25, -0.2) is 9.97 Å². The molecule has 1 atom stereocenters. The predicted molar refractivity (Wildman–Crippen MR) is 87.6 cm³/mol. The van der Waals surface area contributed by atoms with E-state index in [4.69, 9.17) is 21.4 Å². The highest BCUT2D eigenvalue weighted by molar-refractivity contribution is 7.18. The Balaban J connectivity index is 1.99. The van der Waals surface area contributed by atoms with Crippen molar-refractivity contribution in [3.8, 4) is 11.4 Å². The van der Waals surface area contributed by atoms with Crippen LogP contribution in [0.4, 0.5) is 0 Å². The molecule has 0 spiro atoms. The zero-order valence-electron chi connectivity index (χ0n) is 12.2. The molecule has 5 N–H and O–H groups in total. The first-order valence-electron chi connectivity index (χ1n) is 7.55. The van der Waals surface area contributed by atoms with Gasteiger partial charge in [-0.05, 0) is 31.2 Å². The van der Waals surface area contributed by atoms with Crippen LogP contribution in [0.15, 0.2) is 12.4 Å². The Bertz CT molecular complexity index is 807. The molecule has 7 heteroatoms. The summed E-state index contributed by atoms with van der Waals surface area (Å²) in [6.45, 7) is 0.377. The molecule has 0 saturated carbocycles. The second-order valence-electron chi connectivity index (χ2n) is 5.65. The number of nitrogens with zero attached hydrogens (tertiary/aromatic N) is 3. The molecular weight excluding hydrogens is 296 g/mol. The number of H-pyrrole nitrogens is 1. The Kier molecular flexibility index (Phi) is 3.40. The maximum atomic E-state index is 6.24. The fraction of sp³-hybridized carbons (Fsp3) is 0.400. The predicted octanol–water partition coefficient (Wildman–Crippen LogP) is 1.92. The maximum absolute atomic E-state index is 6.24. The van der Waals surface area contributed by atoms with Gasteiger partial charge in [-0.2, -0.15) is 5.10 Å². The van der Waals surface area contributed by atoms with Crippen molar-refractivity contribution in [2.75, 3.05) is 6.54 Å². The Labute approximate surface area is 132 Å². The zero-order chi connectivity index (χ0) is 15.1. The number of aryl methyl sites for hydroxylation is 2. The summed E-state index contributed by atoms with van der Waals surface area (Å²) in [5.41, 5.74) is 15.2. The van der Waals surface area contributed by atoms with Gasteiger partial charge in [0.15, 0.2) is 5.82 Å². The van der Waals surface area contributed by atoms with Crippen LogP contribution in [0.2, 0.25) is 0 Å². The Morgan fingerprint density at radius 1 is 1.27 bits per heavy atom. The summed E-state index contributed by atoms with van der Waals surface area (Å²) in [6, 6.07) is -0.267. The summed E-state index contributed by atoms with van der Waals surface area (Å²) < 4.78 is 0. The van der Waals surface area contributed by atoms with E-state index in [9.17, 15) is 0 Å². The number of aromatic amines is 1. The van der Waals surface area contributed by atoms with Gasteiger partial charge >= 0.3 is 0 Å². The SMILES string of the molecule is NCC(N)c1nc(-c2cn[nH]c2)nc2sc3c(c12)CCCC3. The van der Waals surface area contributed by atoms with Crippen molar-refractivity contribution in [1.82, 2.24) is 20.2 Å².